The molecule has 1 aliphatic rings. The van der Waals surface area contributed by atoms with Crippen molar-refractivity contribution in [2.24, 2.45) is 0 Å². The molecule has 0 bridgehead atoms. The number of aliphatic carboxylic acids is 1. The summed E-state index contributed by atoms with van der Waals surface area (Å²) in [6.45, 7) is 2.99. The molecule has 1 saturated carbocycles. The van der Waals surface area contributed by atoms with Crippen molar-refractivity contribution in [3.8, 4) is 0 Å². The zero-order chi connectivity index (χ0) is 14.3. The smallest absolute Gasteiger partial charge is 0.314 e. The Bertz CT molecular complexity index is 499. The molecule has 0 unspecified atom stereocenters. The van der Waals surface area contributed by atoms with E-state index >= 15 is 0 Å². The van der Waals surface area contributed by atoms with Crippen molar-refractivity contribution in [3.63, 3.8) is 0 Å². The first kappa shape index (κ1) is 14.5. The van der Waals surface area contributed by atoms with Gasteiger partial charge in [-0.2, -0.15) is 0 Å². The minimum Gasteiger partial charge on any atom is -0.481 e. The summed E-state index contributed by atoms with van der Waals surface area (Å²) in [5, 5.41) is 9.55. The summed E-state index contributed by atoms with van der Waals surface area (Å²) < 4.78 is 14.6. The SMILES string of the molecule is CC(C)(F)c1ccc(C2(C(=O)O)CCCC2)cc1Br. The fourth-order valence-electron chi connectivity index (χ4n) is 2.90. The van der Waals surface area contributed by atoms with Crippen molar-refractivity contribution in [1.82, 2.24) is 0 Å². The second kappa shape index (κ2) is 4.89. The van der Waals surface area contributed by atoms with Crippen LogP contribution in [-0.4, -0.2) is 11.1 Å². The topological polar surface area (TPSA) is 37.3 Å². The molecule has 1 aromatic rings. The van der Waals surface area contributed by atoms with E-state index in [1.165, 1.54) is 13.8 Å². The summed E-state index contributed by atoms with van der Waals surface area (Å²) in [7, 11) is 0. The highest BCUT2D eigenvalue weighted by atomic mass is 79.9. The molecule has 0 aliphatic heterocycles. The maximum atomic E-state index is 14.0. The summed E-state index contributed by atoms with van der Waals surface area (Å²) in [5.74, 6) is -0.774. The summed E-state index contributed by atoms with van der Waals surface area (Å²) in [4.78, 5) is 11.6. The highest BCUT2D eigenvalue weighted by Crippen LogP contribution is 2.43. The van der Waals surface area contributed by atoms with Gasteiger partial charge in [0, 0.05) is 10.0 Å². The van der Waals surface area contributed by atoms with Crippen molar-refractivity contribution in [2.45, 2.75) is 50.6 Å². The molecule has 0 saturated heterocycles. The zero-order valence-corrected chi connectivity index (χ0v) is 12.8. The van der Waals surface area contributed by atoms with E-state index in [-0.39, 0.29) is 0 Å². The van der Waals surface area contributed by atoms with Gasteiger partial charge in [-0.3, -0.25) is 4.79 Å². The Labute approximate surface area is 121 Å². The molecule has 0 spiro atoms. The van der Waals surface area contributed by atoms with Gasteiger partial charge >= 0.3 is 5.97 Å². The maximum absolute atomic E-state index is 14.0. The molecule has 1 N–H and O–H groups in total. The number of carboxylic acids is 1. The van der Waals surface area contributed by atoms with E-state index in [9.17, 15) is 14.3 Å². The Balaban J connectivity index is 2.47. The minimum atomic E-state index is -1.44. The molecular weight excluding hydrogens is 311 g/mol. The molecular formula is C15H18BrFO2. The van der Waals surface area contributed by atoms with Crippen LogP contribution in [0.3, 0.4) is 0 Å². The van der Waals surface area contributed by atoms with Crippen LogP contribution in [0, 0.1) is 0 Å². The zero-order valence-electron chi connectivity index (χ0n) is 11.2. The second-order valence-corrected chi connectivity index (χ2v) is 6.62. The van der Waals surface area contributed by atoms with Gasteiger partial charge in [-0.05, 0) is 38.3 Å². The van der Waals surface area contributed by atoms with Crippen LogP contribution in [0.15, 0.2) is 22.7 Å². The van der Waals surface area contributed by atoms with Crippen molar-refractivity contribution in [2.75, 3.05) is 0 Å². The van der Waals surface area contributed by atoms with E-state index in [1.54, 1.807) is 18.2 Å². The number of carbonyl (C=O) groups is 1. The third kappa shape index (κ3) is 2.55. The van der Waals surface area contributed by atoms with Crippen LogP contribution in [0.4, 0.5) is 4.39 Å². The van der Waals surface area contributed by atoms with Crippen LogP contribution in [0.5, 0.6) is 0 Å². The van der Waals surface area contributed by atoms with E-state index in [4.69, 9.17) is 0 Å². The number of carboxylic acid groups (broad SMARTS) is 1. The van der Waals surface area contributed by atoms with Crippen LogP contribution in [0.1, 0.15) is 50.7 Å². The first-order chi connectivity index (χ1) is 8.77. The number of rotatable bonds is 3. The molecule has 0 heterocycles. The maximum Gasteiger partial charge on any atom is 0.314 e. The van der Waals surface area contributed by atoms with Gasteiger partial charge in [0.1, 0.15) is 5.67 Å². The van der Waals surface area contributed by atoms with Gasteiger partial charge < -0.3 is 5.11 Å². The van der Waals surface area contributed by atoms with Gasteiger partial charge in [-0.15, -0.1) is 0 Å². The number of alkyl halides is 1. The van der Waals surface area contributed by atoms with Crippen molar-refractivity contribution in [1.29, 1.82) is 0 Å². The first-order valence-electron chi connectivity index (χ1n) is 6.50. The molecule has 1 aromatic carbocycles. The van der Waals surface area contributed by atoms with E-state index in [2.05, 4.69) is 15.9 Å². The normalized spacial score (nSPS) is 18.5. The van der Waals surface area contributed by atoms with Crippen molar-refractivity contribution < 1.29 is 14.3 Å². The van der Waals surface area contributed by atoms with Gasteiger partial charge in [0.15, 0.2) is 0 Å². The summed E-state index contributed by atoms with van der Waals surface area (Å²) in [6, 6.07) is 5.24. The summed E-state index contributed by atoms with van der Waals surface area (Å²) in [5.41, 5.74) is -0.905. The molecule has 1 aliphatic carbocycles. The van der Waals surface area contributed by atoms with Crippen LogP contribution in [0.25, 0.3) is 0 Å². The molecule has 0 radical (unpaired) electrons. The molecule has 2 nitrogen and oxygen atoms in total. The van der Waals surface area contributed by atoms with Crippen LogP contribution >= 0.6 is 15.9 Å². The highest BCUT2D eigenvalue weighted by Gasteiger charge is 2.43. The molecule has 1 fully saturated rings. The average Bonchev–Trinajstić information content (AvgIpc) is 2.77. The third-order valence-corrected chi connectivity index (χ3v) is 4.68. The van der Waals surface area contributed by atoms with Crippen LogP contribution < -0.4 is 0 Å². The Morgan fingerprint density at radius 3 is 2.37 bits per heavy atom. The fraction of sp³-hybridized carbons (Fsp3) is 0.533. The Hall–Kier alpha value is -0.900. The van der Waals surface area contributed by atoms with Gasteiger partial charge in [-0.1, -0.05) is 40.9 Å². The van der Waals surface area contributed by atoms with Crippen LogP contribution in [0.2, 0.25) is 0 Å². The Morgan fingerprint density at radius 2 is 1.95 bits per heavy atom. The van der Waals surface area contributed by atoms with E-state index in [0.29, 0.717) is 22.9 Å². The number of benzene rings is 1. The minimum absolute atomic E-state index is 0.551. The largest absolute Gasteiger partial charge is 0.481 e. The monoisotopic (exact) mass is 328 g/mol. The molecule has 19 heavy (non-hydrogen) atoms. The van der Waals surface area contributed by atoms with Gasteiger partial charge in [0.2, 0.25) is 0 Å². The van der Waals surface area contributed by atoms with Crippen molar-refractivity contribution >= 4 is 21.9 Å². The van der Waals surface area contributed by atoms with E-state index in [0.717, 1.165) is 18.4 Å². The molecule has 0 atom stereocenters. The third-order valence-electron chi connectivity index (χ3n) is 4.03. The predicted octanol–water partition coefficient (Wildman–Crippen LogP) is 4.55. The standard InChI is InChI=1S/C15H18BrFO2/c1-14(2,17)11-6-5-10(9-12(11)16)15(13(18)19)7-3-4-8-15/h5-6,9H,3-4,7-8H2,1-2H3,(H,18,19). The van der Waals surface area contributed by atoms with Gasteiger partial charge in [-0.25, -0.2) is 4.39 Å². The lowest BCUT2D eigenvalue weighted by Crippen LogP contribution is -2.32. The first-order valence-corrected chi connectivity index (χ1v) is 7.29. The Kier molecular flexibility index (Phi) is 3.74. The summed E-state index contributed by atoms with van der Waals surface area (Å²) in [6.07, 6.45) is 3.18. The summed E-state index contributed by atoms with van der Waals surface area (Å²) >= 11 is 3.37. The highest BCUT2D eigenvalue weighted by molar-refractivity contribution is 9.10. The van der Waals surface area contributed by atoms with Crippen molar-refractivity contribution in [3.05, 3.63) is 33.8 Å². The molecule has 0 amide bonds. The number of hydrogen-bond acceptors (Lipinski definition) is 1. The van der Waals surface area contributed by atoms with Gasteiger partial charge in [0.25, 0.3) is 0 Å². The average molecular weight is 329 g/mol. The lowest BCUT2D eigenvalue weighted by molar-refractivity contribution is -0.143. The molecule has 104 valence electrons. The molecule has 2 rings (SSSR count). The Morgan fingerprint density at radius 1 is 1.37 bits per heavy atom. The second-order valence-electron chi connectivity index (χ2n) is 5.76. The number of hydrogen-bond donors (Lipinski definition) is 1. The predicted molar refractivity (Wildman–Crippen MR) is 76.1 cm³/mol. The quantitative estimate of drug-likeness (QED) is 0.883. The lowest BCUT2D eigenvalue weighted by atomic mass is 9.78. The number of halogens is 2. The lowest BCUT2D eigenvalue weighted by Gasteiger charge is -2.26. The molecule has 4 heteroatoms. The van der Waals surface area contributed by atoms with E-state index in [1.807, 2.05) is 0 Å². The molecule has 0 aromatic heterocycles. The van der Waals surface area contributed by atoms with E-state index < -0.39 is 17.1 Å². The van der Waals surface area contributed by atoms with Crippen LogP contribution in [-0.2, 0) is 15.9 Å². The van der Waals surface area contributed by atoms with Gasteiger partial charge in [0.05, 0.1) is 5.41 Å². The fourth-order valence-corrected chi connectivity index (χ4v) is 3.75.